The zero-order chi connectivity index (χ0) is 33.5. The number of hydrogen-bond acceptors (Lipinski definition) is 9. The van der Waals surface area contributed by atoms with Crippen LogP contribution in [0.5, 0.6) is 0 Å². The van der Waals surface area contributed by atoms with Crippen LogP contribution in [-0.2, 0) is 25.6 Å². The van der Waals surface area contributed by atoms with Gasteiger partial charge in [0.15, 0.2) is 0 Å². The highest BCUT2D eigenvalue weighted by molar-refractivity contribution is 6.40. The van der Waals surface area contributed by atoms with Gasteiger partial charge >= 0.3 is 17.8 Å². The van der Waals surface area contributed by atoms with Crippen LogP contribution >= 0.6 is 11.6 Å². The minimum absolute atomic E-state index is 0.0110. The van der Waals surface area contributed by atoms with E-state index in [-0.39, 0.29) is 34.3 Å². The zero-order valence-electron chi connectivity index (χ0n) is 25.1. The van der Waals surface area contributed by atoms with Gasteiger partial charge in [-0.25, -0.2) is 4.79 Å². The highest BCUT2D eigenvalue weighted by Gasteiger charge is 2.27. The minimum Gasteiger partial charge on any atom is -0.478 e. The van der Waals surface area contributed by atoms with E-state index in [0.29, 0.717) is 30.0 Å². The van der Waals surface area contributed by atoms with Crippen LogP contribution in [0.15, 0.2) is 73.1 Å². The monoisotopic (exact) mass is 659 g/mol. The van der Waals surface area contributed by atoms with E-state index >= 15 is 0 Å². The number of likely N-dealkylation sites (N-methyl/N-ethyl adjacent to an activating group) is 1. The summed E-state index contributed by atoms with van der Waals surface area (Å²) < 4.78 is 1.27. The molecule has 1 atom stereocenters. The fourth-order valence-electron chi connectivity index (χ4n) is 4.93. The van der Waals surface area contributed by atoms with Crippen molar-refractivity contribution in [1.82, 2.24) is 30.4 Å². The molecule has 242 valence electrons. The third-order valence-electron chi connectivity index (χ3n) is 7.46. The average Bonchev–Trinajstić information content (AvgIpc) is 3.60. The second-order valence-corrected chi connectivity index (χ2v) is 11.0. The van der Waals surface area contributed by atoms with Crippen molar-refractivity contribution in [3.63, 3.8) is 0 Å². The van der Waals surface area contributed by atoms with Crippen molar-refractivity contribution in [1.29, 1.82) is 0 Å². The Labute approximate surface area is 273 Å². The van der Waals surface area contributed by atoms with Crippen LogP contribution in [0.2, 0.25) is 5.02 Å². The normalized spacial score (nSPS) is 13.9. The highest BCUT2D eigenvalue weighted by atomic mass is 35.5. The van der Waals surface area contributed by atoms with Crippen molar-refractivity contribution >= 4 is 58.3 Å². The summed E-state index contributed by atoms with van der Waals surface area (Å²) in [5.74, 6) is -3.98. The summed E-state index contributed by atoms with van der Waals surface area (Å²) in [7, 11) is 0. The number of carbonyl (C=O) groups excluding carboxylic acids is 4. The SMILES string of the molecule is CCN1CCN(c2ccc(CC(NC(=O)C(=O)Nc3cc(Cl)ccc3-n3cnnn3)C(=O)Nc3ccc(C(=O)O)cc3)cc2)C(=O)C1. The van der Waals surface area contributed by atoms with Gasteiger partial charge < -0.3 is 26.0 Å². The molecule has 0 spiro atoms. The van der Waals surface area contributed by atoms with Gasteiger partial charge in [-0.3, -0.25) is 24.1 Å². The quantitative estimate of drug-likeness (QED) is 0.183. The number of benzene rings is 3. The third-order valence-corrected chi connectivity index (χ3v) is 7.70. The first-order valence-electron chi connectivity index (χ1n) is 14.5. The van der Waals surface area contributed by atoms with Gasteiger partial charge in [-0.2, -0.15) is 4.68 Å². The Morgan fingerprint density at radius 3 is 2.34 bits per heavy atom. The number of carboxylic acid groups (broad SMARTS) is 1. The van der Waals surface area contributed by atoms with Crippen molar-refractivity contribution in [2.45, 2.75) is 19.4 Å². The van der Waals surface area contributed by atoms with Gasteiger partial charge in [0.1, 0.15) is 12.4 Å². The summed E-state index contributed by atoms with van der Waals surface area (Å²) in [6, 6.07) is 15.8. The lowest BCUT2D eigenvalue weighted by Gasteiger charge is -2.33. The van der Waals surface area contributed by atoms with Crippen LogP contribution in [0.3, 0.4) is 0 Å². The zero-order valence-corrected chi connectivity index (χ0v) is 25.8. The first-order chi connectivity index (χ1) is 22.6. The number of carbonyl (C=O) groups is 5. The van der Waals surface area contributed by atoms with Crippen molar-refractivity contribution in [2.75, 3.05) is 41.7 Å². The molecule has 0 saturated carbocycles. The number of carboxylic acids is 1. The second kappa shape index (κ2) is 14.6. The van der Waals surface area contributed by atoms with Crippen LogP contribution < -0.4 is 20.9 Å². The molecule has 5 rings (SSSR count). The van der Waals surface area contributed by atoms with Gasteiger partial charge in [0, 0.05) is 35.9 Å². The number of hydrogen-bond donors (Lipinski definition) is 4. The fraction of sp³-hybridized carbons (Fsp3) is 0.226. The molecular weight excluding hydrogens is 630 g/mol. The molecule has 1 unspecified atom stereocenters. The number of amides is 4. The molecule has 16 heteroatoms. The van der Waals surface area contributed by atoms with Gasteiger partial charge in [-0.1, -0.05) is 30.7 Å². The van der Waals surface area contributed by atoms with Crippen LogP contribution in [0, 0.1) is 0 Å². The van der Waals surface area contributed by atoms with Crippen molar-refractivity contribution in [3.8, 4) is 5.69 Å². The average molecular weight is 660 g/mol. The minimum atomic E-state index is -1.23. The first kappa shape index (κ1) is 32.7. The van der Waals surface area contributed by atoms with E-state index in [0.717, 1.165) is 13.1 Å². The first-order valence-corrected chi connectivity index (χ1v) is 14.9. The van der Waals surface area contributed by atoms with E-state index in [1.165, 1.54) is 41.3 Å². The fourth-order valence-corrected chi connectivity index (χ4v) is 5.10. The second-order valence-electron chi connectivity index (χ2n) is 10.6. The Morgan fingerprint density at radius 1 is 0.957 bits per heavy atom. The Kier molecular flexibility index (Phi) is 10.2. The number of rotatable bonds is 10. The molecule has 1 saturated heterocycles. The topological polar surface area (TPSA) is 192 Å². The molecular formula is C31H30ClN9O6. The Hall–Kier alpha value is -5.67. The lowest BCUT2D eigenvalue weighted by Crippen LogP contribution is -2.50. The molecule has 0 radical (unpaired) electrons. The molecule has 0 aliphatic carbocycles. The van der Waals surface area contributed by atoms with E-state index in [1.807, 2.05) is 6.92 Å². The van der Waals surface area contributed by atoms with Gasteiger partial charge in [0.2, 0.25) is 11.8 Å². The molecule has 15 nitrogen and oxygen atoms in total. The third kappa shape index (κ3) is 8.14. The Morgan fingerprint density at radius 2 is 1.70 bits per heavy atom. The van der Waals surface area contributed by atoms with E-state index in [1.54, 1.807) is 41.3 Å². The summed E-state index contributed by atoms with van der Waals surface area (Å²) in [4.78, 5) is 67.3. The van der Waals surface area contributed by atoms with Crippen molar-refractivity contribution < 1.29 is 29.1 Å². The molecule has 1 aliphatic rings. The molecule has 4 aromatic rings. The number of aromatic carboxylic acids is 1. The number of nitrogens with zero attached hydrogens (tertiary/aromatic N) is 6. The number of nitrogens with one attached hydrogen (secondary N) is 3. The number of tetrazole rings is 1. The smallest absolute Gasteiger partial charge is 0.335 e. The van der Waals surface area contributed by atoms with Gasteiger partial charge in [-0.15, -0.1) is 5.10 Å². The number of piperazine rings is 1. The molecule has 1 aromatic heterocycles. The van der Waals surface area contributed by atoms with Crippen molar-refractivity contribution in [2.24, 2.45) is 0 Å². The van der Waals surface area contributed by atoms with E-state index in [4.69, 9.17) is 11.6 Å². The maximum Gasteiger partial charge on any atom is 0.335 e. The predicted octanol–water partition coefficient (Wildman–Crippen LogP) is 1.99. The molecule has 0 bridgehead atoms. The molecule has 2 heterocycles. The van der Waals surface area contributed by atoms with Gasteiger partial charge in [0.05, 0.1) is 23.5 Å². The molecule has 1 fully saturated rings. The maximum atomic E-state index is 13.4. The Bertz CT molecular complexity index is 1780. The number of anilines is 3. The van der Waals surface area contributed by atoms with Gasteiger partial charge in [0.25, 0.3) is 0 Å². The van der Waals surface area contributed by atoms with E-state index < -0.39 is 29.7 Å². The summed E-state index contributed by atoms with van der Waals surface area (Å²) in [5, 5.41) is 28.1. The molecule has 1 aliphatic heterocycles. The lowest BCUT2D eigenvalue weighted by atomic mass is 10.0. The van der Waals surface area contributed by atoms with Crippen LogP contribution in [0.1, 0.15) is 22.8 Å². The van der Waals surface area contributed by atoms with Crippen molar-refractivity contribution in [3.05, 3.63) is 89.2 Å². The highest BCUT2D eigenvalue weighted by Crippen LogP contribution is 2.24. The van der Waals surface area contributed by atoms with Gasteiger partial charge in [-0.05, 0) is 77.1 Å². The van der Waals surface area contributed by atoms with E-state index in [9.17, 15) is 29.1 Å². The molecule has 4 amide bonds. The summed E-state index contributed by atoms with van der Waals surface area (Å²) in [5.41, 5.74) is 2.15. The lowest BCUT2D eigenvalue weighted by molar-refractivity contribution is -0.137. The predicted molar refractivity (Wildman–Crippen MR) is 171 cm³/mol. The standard InChI is InChI=1S/C31H30ClN9O6/c1-2-39-13-14-40(27(42)17-39)23-10-3-19(4-11-23)15-25(28(43)34-22-8-5-20(6-9-22)31(46)47)36-30(45)29(44)35-24-16-21(32)7-12-26(24)41-18-33-37-38-41/h3-12,16,18,25H,2,13-15,17H2,1H3,(H,34,43)(H,35,44)(H,36,45)(H,46,47). The molecule has 3 aromatic carbocycles. The molecule has 47 heavy (non-hydrogen) atoms. The van der Waals surface area contributed by atoms with Crippen LogP contribution in [0.4, 0.5) is 17.1 Å². The van der Waals surface area contributed by atoms with Crippen LogP contribution in [-0.4, -0.2) is 92.0 Å². The van der Waals surface area contributed by atoms with E-state index in [2.05, 4.69) is 36.4 Å². The van der Waals surface area contributed by atoms with Crippen LogP contribution in [0.25, 0.3) is 5.69 Å². The summed E-state index contributed by atoms with van der Waals surface area (Å²) in [6.07, 6.45) is 1.29. The Balaban J connectivity index is 1.33. The summed E-state index contributed by atoms with van der Waals surface area (Å²) >= 11 is 6.12. The number of aromatic nitrogens is 4. The maximum absolute atomic E-state index is 13.4. The molecule has 4 N–H and O–H groups in total. The number of halogens is 1. The largest absolute Gasteiger partial charge is 0.478 e. The summed E-state index contributed by atoms with van der Waals surface area (Å²) in [6.45, 7) is 4.41.